The van der Waals surface area contributed by atoms with Crippen LogP contribution in [0.25, 0.3) is 0 Å². The summed E-state index contributed by atoms with van der Waals surface area (Å²) in [5.74, 6) is -0.949. The summed E-state index contributed by atoms with van der Waals surface area (Å²) in [5, 5.41) is 6.40. The number of methoxy groups -OCH3 is 1. The van der Waals surface area contributed by atoms with E-state index in [1.54, 1.807) is 24.0 Å². The summed E-state index contributed by atoms with van der Waals surface area (Å²) in [6.45, 7) is 2.60. The average Bonchev–Trinajstić information content (AvgIpc) is 3.44. The van der Waals surface area contributed by atoms with E-state index in [1.165, 1.54) is 23.9 Å². The topological polar surface area (TPSA) is 76.5 Å². The molecule has 4 rings (SSSR count). The van der Waals surface area contributed by atoms with Crippen LogP contribution >= 0.6 is 11.6 Å². The first-order valence-corrected chi connectivity index (χ1v) is 11.7. The highest BCUT2D eigenvalue weighted by atomic mass is 35.5. The van der Waals surface area contributed by atoms with Crippen molar-refractivity contribution in [2.24, 2.45) is 0 Å². The monoisotopic (exact) mass is 520 g/mol. The summed E-state index contributed by atoms with van der Waals surface area (Å²) >= 11 is 5.92. The summed E-state index contributed by atoms with van der Waals surface area (Å²) in [4.78, 5) is 26.6. The van der Waals surface area contributed by atoms with Crippen molar-refractivity contribution < 1.29 is 27.5 Å². The van der Waals surface area contributed by atoms with E-state index < -0.39 is 35.4 Å². The average molecular weight is 521 g/mol. The minimum atomic E-state index is -4.81. The van der Waals surface area contributed by atoms with E-state index >= 15 is 0 Å². The van der Waals surface area contributed by atoms with E-state index in [0.717, 1.165) is 11.1 Å². The minimum Gasteiger partial charge on any atom is -0.465 e. The minimum absolute atomic E-state index is 0.129. The maximum atomic E-state index is 13.9. The van der Waals surface area contributed by atoms with Gasteiger partial charge in [0.2, 0.25) is 0 Å². The van der Waals surface area contributed by atoms with Crippen LogP contribution in [0.4, 0.5) is 19.0 Å². The maximum absolute atomic E-state index is 13.9. The van der Waals surface area contributed by atoms with Crippen molar-refractivity contribution >= 4 is 29.3 Å². The summed E-state index contributed by atoms with van der Waals surface area (Å²) < 4.78 is 47.6. The number of halogens is 4. The third kappa shape index (κ3) is 5.18. The fourth-order valence-corrected chi connectivity index (χ4v) is 4.39. The number of anilines is 1. The lowest BCUT2D eigenvalue weighted by Gasteiger charge is -2.21. The summed E-state index contributed by atoms with van der Waals surface area (Å²) in [6, 6.07) is 13.1. The number of ether oxygens (including phenoxy) is 1. The van der Waals surface area contributed by atoms with Crippen LogP contribution in [-0.4, -0.2) is 35.3 Å². The molecule has 0 aliphatic carbocycles. The molecule has 0 unspecified atom stereocenters. The van der Waals surface area contributed by atoms with Crippen molar-refractivity contribution in [3.8, 4) is 0 Å². The number of rotatable bonds is 7. The van der Waals surface area contributed by atoms with Gasteiger partial charge in [-0.15, -0.1) is 11.6 Å². The van der Waals surface area contributed by atoms with E-state index in [4.69, 9.17) is 11.6 Å². The Kier molecular flexibility index (Phi) is 7.26. The van der Waals surface area contributed by atoms with Gasteiger partial charge in [0.05, 0.1) is 25.3 Å². The fourth-order valence-electron chi connectivity index (χ4n) is 4.22. The van der Waals surface area contributed by atoms with Gasteiger partial charge in [-0.25, -0.2) is 9.48 Å². The summed E-state index contributed by atoms with van der Waals surface area (Å²) in [6.07, 6.45) is -4.81. The van der Waals surface area contributed by atoms with Crippen LogP contribution in [0.3, 0.4) is 0 Å². The van der Waals surface area contributed by atoms with E-state index in [0.29, 0.717) is 30.1 Å². The Bertz CT molecular complexity index is 1270. The predicted molar refractivity (Wildman–Crippen MR) is 128 cm³/mol. The Balaban J connectivity index is 1.62. The number of amides is 1. The number of carbonyl (C=O) groups excluding carboxylic acids is 2. The molecule has 2 aromatic carbocycles. The number of nitrogens with zero attached hydrogens (tertiary/aromatic N) is 3. The van der Waals surface area contributed by atoms with Crippen LogP contribution in [0, 0.1) is 0 Å². The summed E-state index contributed by atoms with van der Waals surface area (Å²) in [7, 11) is 1.26. The number of nitrogens with one attached hydrogen (secondary N) is 1. The van der Waals surface area contributed by atoms with Crippen molar-refractivity contribution in [1.29, 1.82) is 0 Å². The first-order valence-electron chi connectivity index (χ1n) is 11.2. The van der Waals surface area contributed by atoms with Gasteiger partial charge in [0, 0.05) is 19.0 Å². The number of hydrogen-bond donors (Lipinski definition) is 1. The molecule has 1 N–H and O–H groups in total. The largest absolute Gasteiger partial charge is 0.465 e. The Labute approximate surface area is 210 Å². The first kappa shape index (κ1) is 25.6. The molecule has 0 saturated carbocycles. The molecule has 11 heteroatoms. The third-order valence-electron chi connectivity index (χ3n) is 6.00. The van der Waals surface area contributed by atoms with Crippen LogP contribution < -0.4 is 10.2 Å². The highest BCUT2D eigenvalue weighted by Crippen LogP contribution is 2.38. The quantitative estimate of drug-likeness (QED) is 0.353. The van der Waals surface area contributed by atoms with Gasteiger partial charge >= 0.3 is 12.1 Å². The van der Waals surface area contributed by atoms with E-state index in [1.807, 2.05) is 24.3 Å². The van der Waals surface area contributed by atoms with Crippen molar-refractivity contribution in [1.82, 2.24) is 15.1 Å². The lowest BCUT2D eigenvalue weighted by atomic mass is 10.1. The van der Waals surface area contributed by atoms with Crippen LogP contribution in [0.5, 0.6) is 0 Å². The zero-order valence-electron chi connectivity index (χ0n) is 19.6. The zero-order chi connectivity index (χ0) is 26.0. The second kappa shape index (κ2) is 10.2. The van der Waals surface area contributed by atoms with Crippen LogP contribution in [-0.2, 0) is 29.9 Å². The number of hydrogen-bond acceptors (Lipinski definition) is 5. The van der Waals surface area contributed by atoms with Gasteiger partial charge in [0.25, 0.3) is 5.91 Å². The normalized spacial score (nSPS) is 13.9. The van der Waals surface area contributed by atoms with Crippen LogP contribution in [0.15, 0.2) is 48.5 Å². The second-order valence-corrected chi connectivity index (χ2v) is 8.72. The number of alkyl halides is 4. The lowest BCUT2D eigenvalue weighted by molar-refractivity contribution is -0.141. The first-order chi connectivity index (χ1) is 17.1. The molecule has 2 heterocycles. The molecule has 36 heavy (non-hydrogen) atoms. The summed E-state index contributed by atoms with van der Waals surface area (Å²) in [5.41, 5.74) is 0.962. The molecule has 3 aromatic rings. The number of benzene rings is 2. The molecule has 0 radical (unpaired) electrons. The molecule has 7 nitrogen and oxygen atoms in total. The smallest absolute Gasteiger partial charge is 0.436 e. The molecule has 0 spiro atoms. The molecular formula is C25H24ClF3N4O3. The van der Waals surface area contributed by atoms with Gasteiger partial charge in [0.15, 0.2) is 5.69 Å². The predicted octanol–water partition coefficient (Wildman–Crippen LogP) is 4.94. The Morgan fingerprint density at radius 3 is 2.47 bits per heavy atom. The van der Waals surface area contributed by atoms with Gasteiger partial charge in [-0.3, -0.25) is 4.79 Å². The molecular weight excluding hydrogens is 497 g/mol. The molecule has 0 bridgehead atoms. The van der Waals surface area contributed by atoms with E-state index in [-0.39, 0.29) is 12.4 Å². The van der Waals surface area contributed by atoms with E-state index in [9.17, 15) is 22.8 Å². The van der Waals surface area contributed by atoms with Gasteiger partial charge in [-0.2, -0.15) is 18.3 Å². The van der Waals surface area contributed by atoms with Crippen LogP contribution in [0.2, 0.25) is 0 Å². The molecule has 0 fully saturated rings. The van der Waals surface area contributed by atoms with Crippen molar-refractivity contribution in [3.05, 3.63) is 82.0 Å². The number of fused-ring (bicyclic) bond motifs is 1. The van der Waals surface area contributed by atoms with Gasteiger partial charge < -0.3 is 15.0 Å². The van der Waals surface area contributed by atoms with Gasteiger partial charge in [-0.1, -0.05) is 36.4 Å². The molecule has 1 amide bonds. The molecule has 190 valence electrons. The molecule has 1 aliphatic heterocycles. The third-order valence-corrected chi connectivity index (χ3v) is 6.31. The molecule has 0 saturated heterocycles. The number of carbonyl (C=O) groups is 2. The van der Waals surface area contributed by atoms with Gasteiger partial charge in [-0.05, 0) is 35.7 Å². The van der Waals surface area contributed by atoms with Gasteiger partial charge in [0.1, 0.15) is 11.4 Å². The van der Waals surface area contributed by atoms with Crippen LogP contribution in [0.1, 0.15) is 56.1 Å². The second-order valence-electron chi connectivity index (χ2n) is 8.45. The number of aromatic nitrogens is 2. The Morgan fingerprint density at radius 2 is 1.83 bits per heavy atom. The van der Waals surface area contributed by atoms with Crippen molar-refractivity contribution in [3.63, 3.8) is 0 Å². The van der Waals surface area contributed by atoms with Crippen molar-refractivity contribution in [2.75, 3.05) is 18.6 Å². The highest BCUT2D eigenvalue weighted by Gasteiger charge is 2.44. The van der Waals surface area contributed by atoms with E-state index in [2.05, 4.69) is 15.2 Å². The maximum Gasteiger partial charge on any atom is 0.436 e. The zero-order valence-corrected chi connectivity index (χ0v) is 20.4. The standard InChI is InChI=1S/C25H24ClF3N4O3/c1-15(18-6-8-19(9-7-18)24(35)36-2)30-22(34)20-21(25(27,28)29)31-33-11-10-32(23(20)33)14-17-5-3-4-16(12-17)13-26/h3-9,12,15H,10-11,13-14H2,1-2H3,(H,30,34)/t15-/m0/s1. The van der Waals surface area contributed by atoms with Crippen molar-refractivity contribution in [2.45, 2.75) is 38.1 Å². The Hall–Kier alpha value is -3.53. The number of esters is 1. The lowest BCUT2D eigenvalue weighted by Crippen LogP contribution is -2.31. The molecule has 1 aliphatic rings. The Morgan fingerprint density at radius 1 is 1.14 bits per heavy atom. The molecule has 1 atom stereocenters. The SMILES string of the molecule is COC(=O)c1ccc([C@H](C)NC(=O)c2c(C(F)(F)F)nn3c2N(Cc2cccc(CCl)c2)CC3)cc1. The molecule has 1 aromatic heterocycles. The highest BCUT2D eigenvalue weighted by molar-refractivity contribution is 6.17. The fraction of sp³-hybridized carbons (Fsp3) is 0.320.